The minimum Gasteiger partial charge on any atom is -0.462 e. The molecule has 2 heterocycles. The van der Waals surface area contributed by atoms with Crippen molar-refractivity contribution in [2.45, 2.75) is 45.6 Å². The molecule has 2 N–H and O–H groups in total. The summed E-state index contributed by atoms with van der Waals surface area (Å²) in [6, 6.07) is 3.35. The normalized spacial score (nSPS) is 13.0. The van der Waals surface area contributed by atoms with Crippen molar-refractivity contribution < 1.29 is 19.1 Å². The van der Waals surface area contributed by atoms with Gasteiger partial charge in [0.25, 0.3) is 11.8 Å². The molecule has 8 heteroatoms. The van der Waals surface area contributed by atoms with E-state index in [2.05, 4.69) is 15.6 Å². The van der Waals surface area contributed by atoms with Crippen LogP contribution in [0.15, 0.2) is 24.5 Å². The molecule has 0 aliphatic heterocycles. The predicted octanol–water partition coefficient (Wildman–Crippen LogP) is 2.96. The van der Waals surface area contributed by atoms with Crippen LogP contribution >= 0.6 is 11.3 Å². The number of hydrogen-bond donors (Lipinski definition) is 2. The lowest BCUT2D eigenvalue weighted by Crippen LogP contribution is -2.32. The number of nitrogens with zero attached hydrogens (tertiary/aromatic N) is 1. The van der Waals surface area contributed by atoms with Crippen LogP contribution in [0.5, 0.6) is 0 Å². The Kier molecular flexibility index (Phi) is 6.41. The average Bonchev–Trinajstić information content (AvgIpc) is 3.04. The van der Waals surface area contributed by atoms with Crippen molar-refractivity contribution in [3.05, 3.63) is 46.1 Å². The second kappa shape index (κ2) is 8.97. The minimum absolute atomic E-state index is 0.211. The Morgan fingerprint density at radius 2 is 2.00 bits per heavy atom. The molecule has 28 heavy (non-hydrogen) atoms. The molecule has 0 fully saturated rings. The van der Waals surface area contributed by atoms with Gasteiger partial charge in [0.1, 0.15) is 11.5 Å². The molecule has 1 aliphatic rings. The molecule has 1 aliphatic carbocycles. The van der Waals surface area contributed by atoms with Crippen LogP contribution < -0.4 is 10.6 Å². The van der Waals surface area contributed by atoms with Gasteiger partial charge in [-0.2, -0.15) is 0 Å². The number of nitrogens with one attached hydrogen (secondary N) is 2. The monoisotopic (exact) mass is 401 g/mol. The van der Waals surface area contributed by atoms with Crippen LogP contribution in [0.3, 0.4) is 0 Å². The van der Waals surface area contributed by atoms with Gasteiger partial charge in [-0.1, -0.05) is 0 Å². The molecule has 2 aromatic rings. The maximum Gasteiger partial charge on any atom is 0.325 e. The molecule has 0 atom stereocenters. The van der Waals surface area contributed by atoms with Crippen molar-refractivity contribution in [1.29, 1.82) is 0 Å². The highest BCUT2D eigenvalue weighted by atomic mass is 32.1. The molecule has 0 unspecified atom stereocenters. The Morgan fingerprint density at radius 3 is 2.71 bits per heavy atom. The highest BCUT2D eigenvalue weighted by molar-refractivity contribution is 7.17. The topological polar surface area (TPSA) is 97.4 Å². The van der Waals surface area contributed by atoms with Crippen LogP contribution in [0.2, 0.25) is 0 Å². The van der Waals surface area contributed by atoms with Gasteiger partial charge in [-0.05, 0) is 57.2 Å². The third kappa shape index (κ3) is 4.75. The van der Waals surface area contributed by atoms with E-state index in [0.717, 1.165) is 36.1 Å². The zero-order valence-corrected chi connectivity index (χ0v) is 16.7. The largest absolute Gasteiger partial charge is 0.462 e. The highest BCUT2D eigenvalue weighted by Crippen LogP contribution is 2.38. The van der Waals surface area contributed by atoms with Gasteiger partial charge in [-0.25, -0.2) is 0 Å². The number of ether oxygens (including phenoxy) is 1. The summed E-state index contributed by atoms with van der Waals surface area (Å²) in [7, 11) is 0. The standard InChI is InChI=1S/C20H23N3O4S/c1-12(2)27-16(24)11-22-19(26)17-14-7-3-4-8-15(14)28-20(17)23-18(25)13-6-5-9-21-10-13/h5-6,9-10,12H,3-4,7-8,11H2,1-2H3,(H,22,26)(H,23,25). The zero-order valence-electron chi connectivity index (χ0n) is 15.9. The van der Waals surface area contributed by atoms with E-state index in [-0.39, 0.29) is 24.5 Å². The van der Waals surface area contributed by atoms with Crippen LogP contribution in [0.1, 0.15) is 57.8 Å². The molecule has 0 aromatic carbocycles. The Hall–Kier alpha value is -2.74. The highest BCUT2D eigenvalue weighted by Gasteiger charge is 2.27. The number of carbonyl (C=O) groups is 3. The summed E-state index contributed by atoms with van der Waals surface area (Å²) < 4.78 is 5.06. The van der Waals surface area contributed by atoms with Crippen LogP contribution in [0, 0.1) is 0 Å². The number of aromatic nitrogens is 1. The fraction of sp³-hybridized carbons (Fsp3) is 0.400. The number of pyridine rings is 1. The third-order valence-electron chi connectivity index (χ3n) is 4.31. The molecule has 2 amide bonds. The summed E-state index contributed by atoms with van der Waals surface area (Å²) in [6.45, 7) is 3.29. The second-order valence-corrected chi connectivity index (χ2v) is 7.94. The van der Waals surface area contributed by atoms with Crippen LogP contribution in [0.4, 0.5) is 5.00 Å². The quantitative estimate of drug-likeness (QED) is 0.726. The van der Waals surface area contributed by atoms with Crippen molar-refractivity contribution in [3.63, 3.8) is 0 Å². The number of rotatable bonds is 6. The summed E-state index contributed by atoms with van der Waals surface area (Å²) in [5.41, 5.74) is 1.84. The molecule has 0 bridgehead atoms. The van der Waals surface area contributed by atoms with E-state index in [0.29, 0.717) is 16.1 Å². The van der Waals surface area contributed by atoms with E-state index in [4.69, 9.17) is 4.74 Å². The first kappa shape index (κ1) is 20.0. The lowest BCUT2D eigenvalue weighted by Gasteiger charge is -2.13. The first-order valence-electron chi connectivity index (χ1n) is 9.29. The number of anilines is 1. The van der Waals surface area contributed by atoms with Gasteiger partial charge < -0.3 is 15.4 Å². The molecule has 0 saturated heterocycles. The molecular weight excluding hydrogens is 378 g/mol. The molecule has 0 saturated carbocycles. The molecule has 0 radical (unpaired) electrons. The number of carbonyl (C=O) groups excluding carboxylic acids is 3. The van der Waals surface area contributed by atoms with Gasteiger partial charge in [-0.15, -0.1) is 11.3 Å². The smallest absolute Gasteiger partial charge is 0.325 e. The average molecular weight is 401 g/mol. The third-order valence-corrected chi connectivity index (χ3v) is 5.52. The van der Waals surface area contributed by atoms with E-state index in [1.807, 2.05) is 0 Å². The van der Waals surface area contributed by atoms with Crippen molar-refractivity contribution >= 4 is 34.1 Å². The Balaban J connectivity index is 1.80. The van der Waals surface area contributed by atoms with E-state index < -0.39 is 5.97 Å². The van der Waals surface area contributed by atoms with Gasteiger partial charge in [0.05, 0.1) is 17.2 Å². The van der Waals surface area contributed by atoms with Gasteiger partial charge in [0.2, 0.25) is 0 Å². The van der Waals surface area contributed by atoms with Crippen molar-refractivity contribution in [2.75, 3.05) is 11.9 Å². The first-order chi connectivity index (χ1) is 13.5. The van der Waals surface area contributed by atoms with Gasteiger partial charge in [-0.3, -0.25) is 19.4 Å². The predicted molar refractivity (Wildman–Crippen MR) is 107 cm³/mol. The second-order valence-electron chi connectivity index (χ2n) is 6.83. The fourth-order valence-corrected chi connectivity index (χ4v) is 4.39. The summed E-state index contributed by atoms with van der Waals surface area (Å²) in [5, 5.41) is 5.98. The summed E-state index contributed by atoms with van der Waals surface area (Å²) in [6.07, 6.45) is 6.56. The summed E-state index contributed by atoms with van der Waals surface area (Å²) >= 11 is 1.43. The summed E-state index contributed by atoms with van der Waals surface area (Å²) in [4.78, 5) is 42.2. The Bertz CT molecular complexity index is 877. The lowest BCUT2D eigenvalue weighted by atomic mass is 9.95. The maximum atomic E-state index is 12.8. The molecular formula is C20H23N3O4S. The van der Waals surface area contributed by atoms with Gasteiger partial charge in [0.15, 0.2) is 0 Å². The van der Waals surface area contributed by atoms with Crippen molar-refractivity contribution in [1.82, 2.24) is 10.3 Å². The van der Waals surface area contributed by atoms with Crippen molar-refractivity contribution in [2.24, 2.45) is 0 Å². The summed E-state index contributed by atoms with van der Waals surface area (Å²) in [5.74, 6) is -1.19. The van der Waals surface area contributed by atoms with E-state index in [9.17, 15) is 14.4 Å². The molecule has 2 aromatic heterocycles. The maximum absolute atomic E-state index is 12.8. The zero-order chi connectivity index (χ0) is 20.1. The molecule has 7 nitrogen and oxygen atoms in total. The fourth-order valence-electron chi connectivity index (χ4n) is 3.11. The molecule has 148 valence electrons. The lowest BCUT2D eigenvalue weighted by molar-refractivity contribution is -0.146. The van der Waals surface area contributed by atoms with E-state index >= 15 is 0 Å². The number of hydrogen-bond acceptors (Lipinski definition) is 6. The van der Waals surface area contributed by atoms with Crippen LogP contribution in [-0.4, -0.2) is 35.4 Å². The van der Waals surface area contributed by atoms with E-state index in [1.165, 1.54) is 17.5 Å². The van der Waals surface area contributed by atoms with Crippen LogP contribution in [0.25, 0.3) is 0 Å². The number of fused-ring (bicyclic) bond motifs is 1. The van der Waals surface area contributed by atoms with Crippen molar-refractivity contribution in [3.8, 4) is 0 Å². The number of esters is 1. The number of amides is 2. The molecule has 0 spiro atoms. The van der Waals surface area contributed by atoms with E-state index in [1.54, 1.807) is 32.2 Å². The van der Waals surface area contributed by atoms with Gasteiger partial charge >= 0.3 is 5.97 Å². The number of thiophene rings is 1. The molecule has 3 rings (SSSR count). The van der Waals surface area contributed by atoms with Crippen LogP contribution in [-0.2, 0) is 22.4 Å². The van der Waals surface area contributed by atoms with Gasteiger partial charge in [0, 0.05) is 17.3 Å². The number of aryl methyl sites for hydroxylation is 1. The minimum atomic E-state index is -0.492. The Morgan fingerprint density at radius 1 is 1.21 bits per heavy atom. The SMILES string of the molecule is CC(C)OC(=O)CNC(=O)c1c(NC(=O)c2cccnc2)sc2c1CCCC2. The Labute approximate surface area is 167 Å². The first-order valence-corrected chi connectivity index (χ1v) is 10.1.